The van der Waals surface area contributed by atoms with E-state index in [0.717, 1.165) is 11.4 Å². The molecule has 0 spiro atoms. The molecule has 0 bridgehead atoms. The highest BCUT2D eigenvalue weighted by Gasteiger charge is 2.36. The summed E-state index contributed by atoms with van der Waals surface area (Å²) in [5.41, 5.74) is -0.167. The van der Waals surface area contributed by atoms with E-state index in [4.69, 9.17) is 20.9 Å². The SMILES string of the molecule is CC(C)c1nc(-c2ccc(N3CCN(C(=O)C(C)(C)Oc4ccc(Cl)cc4)CC3)nc2)no1. The van der Waals surface area contributed by atoms with Gasteiger partial charge in [-0.3, -0.25) is 4.79 Å². The molecule has 3 heterocycles. The molecule has 174 valence electrons. The van der Waals surface area contributed by atoms with Gasteiger partial charge in [0, 0.05) is 48.9 Å². The third kappa shape index (κ3) is 5.27. The second-order valence-electron chi connectivity index (χ2n) is 8.86. The van der Waals surface area contributed by atoms with Crippen LogP contribution in [0.5, 0.6) is 5.75 Å². The van der Waals surface area contributed by atoms with E-state index in [0.29, 0.717) is 48.7 Å². The first-order valence-corrected chi connectivity index (χ1v) is 11.4. The number of halogens is 1. The molecule has 1 aromatic carbocycles. The molecular formula is C24H28ClN5O3. The van der Waals surface area contributed by atoms with Gasteiger partial charge in [0.25, 0.3) is 5.91 Å². The number of pyridine rings is 1. The Bertz CT molecular complexity index is 1090. The van der Waals surface area contributed by atoms with Gasteiger partial charge in [-0.25, -0.2) is 4.98 Å². The molecule has 0 saturated carbocycles. The molecule has 0 N–H and O–H groups in total. The molecule has 1 amide bonds. The van der Waals surface area contributed by atoms with Crippen molar-refractivity contribution in [2.24, 2.45) is 0 Å². The zero-order valence-corrected chi connectivity index (χ0v) is 20.0. The van der Waals surface area contributed by atoms with Crippen molar-refractivity contribution in [3.8, 4) is 17.1 Å². The van der Waals surface area contributed by atoms with Crippen LogP contribution in [0.3, 0.4) is 0 Å². The summed E-state index contributed by atoms with van der Waals surface area (Å²) in [7, 11) is 0. The van der Waals surface area contributed by atoms with E-state index < -0.39 is 5.60 Å². The maximum atomic E-state index is 13.1. The Balaban J connectivity index is 1.35. The van der Waals surface area contributed by atoms with Gasteiger partial charge >= 0.3 is 0 Å². The Hall–Kier alpha value is -3.13. The highest BCUT2D eigenvalue weighted by molar-refractivity contribution is 6.30. The number of nitrogens with zero attached hydrogens (tertiary/aromatic N) is 5. The summed E-state index contributed by atoms with van der Waals surface area (Å²) in [6, 6.07) is 10.9. The zero-order chi connectivity index (χ0) is 23.6. The van der Waals surface area contributed by atoms with Gasteiger partial charge in [-0.15, -0.1) is 0 Å². The van der Waals surface area contributed by atoms with Gasteiger partial charge in [0.05, 0.1) is 0 Å². The standard InChI is InChI=1S/C24H28ClN5O3/c1-16(2)22-27-21(28-33-22)17-5-10-20(26-15-17)29-11-13-30(14-12-29)23(31)24(3,4)32-19-8-6-18(25)7-9-19/h5-10,15-16H,11-14H2,1-4H3. The highest BCUT2D eigenvalue weighted by Crippen LogP contribution is 2.24. The Morgan fingerprint density at radius 2 is 1.79 bits per heavy atom. The first kappa shape index (κ1) is 23.0. The number of piperazine rings is 1. The number of ether oxygens (including phenoxy) is 1. The number of carbonyl (C=O) groups is 1. The fourth-order valence-electron chi connectivity index (χ4n) is 3.65. The maximum absolute atomic E-state index is 13.1. The molecule has 0 radical (unpaired) electrons. The highest BCUT2D eigenvalue weighted by atomic mass is 35.5. The second kappa shape index (κ2) is 9.39. The molecule has 0 atom stereocenters. The van der Waals surface area contributed by atoms with Crippen molar-refractivity contribution in [1.29, 1.82) is 0 Å². The lowest BCUT2D eigenvalue weighted by Gasteiger charge is -2.39. The van der Waals surface area contributed by atoms with E-state index in [2.05, 4.69) is 20.0 Å². The van der Waals surface area contributed by atoms with E-state index in [1.807, 2.05) is 30.9 Å². The lowest BCUT2D eigenvalue weighted by molar-refractivity contribution is -0.145. The predicted octanol–water partition coefficient (Wildman–Crippen LogP) is 4.41. The van der Waals surface area contributed by atoms with Gasteiger partial charge in [-0.1, -0.05) is 30.6 Å². The summed E-state index contributed by atoms with van der Waals surface area (Å²) < 4.78 is 11.2. The Morgan fingerprint density at radius 3 is 2.36 bits per heavy atom. The molecule has 1 aliphatic heterocycles. The molecule has 2 aromatic heterocycles. The fraction of sp³-hybridized carbons (Fsp3) is 0.417. The number of hydrogen-bond donors (Lipinski definition) is 0. The summed E-state index contributed by atoms with van der Waals surface area (Å²) in [6.45, 7) is 10.2. The third-order valence-electron chi connectivity index (χ3n) is 5.53. The molecule has 33 heavy (non-hydrogen) atoms. The van der Waals surface area contributed by atoms with Crippen LogP contribution in [0.4, 0.5) is 5.82 Å². The Labute approximate surface area is 198 Å². The van der Waals surface area contributed by atoms with Crippen molar-refractivity contribution < 1.29 is 14.1 Å². The van der Waals surface area contributed by atoms with Crippen molar-refractivity contribution in [2.45, 2.75) is 39.2 Å². The second-order valence-corrected chi connectivity index (χ2v) is 9.30. The number of aromatic nitrogens is 3. The molecule has 0 aliphatic carbocycles. The minimum Gasteiger partial charge on any atom is -0.478 e. The van der Waals surface area contributed by atoms with E-state index in [-0.39, 0.29) is 11.8 Å². The van der Waals surface area contributed by atoms with Gasteiger partial charge in [0.1, 0.15) is 11.6 Å². The van der Waals surface area contributed by atoms with Crippen molar-refractivity contribution in [2.75, 3.05) is 31.1 Å². The number of amides is 1. The van der Waals surface area contributed by atoms with Crippen molar-refractivity contribution >= 4 is 23.3 Å². The van der Waals surface area contributed by atoms with Crippen LogP contribution in [0.1, 0.15) is 39.5 Å². The molecular weight excluding hydrogens is 442 g/mol. The van der Waals surface area contributed by atoms with Crippen LogP contribution in [-0.2, 0) is 4.79 Å². The summed E-state index contributed by atoms with van der Waals surface area (Å²) in [6.07, 6.45) is 1.75. The number of anilines is 1. The molecule has 8 nitrogen and oxygen atoms in total. The first-order valence-electron chi connectivity index (χ1n) is 11.0. The molecule has 9 heteroatoms. The topological polar surface area (TPSA) is 84.6 Å². The smallest absolute Gasteiger partial charge is 0.266 e. The van der Waals surface area contributed by atoms with Gasteiger partial charge in [-0.05, 0) is 50.2 Å². The van der Waals surface area contributed by atoms with Gasteiger partial charge in [-0.2, -0.15) is 4.98 Å². The summed E-state index contributed by atoms with van der Waals surface area (Å²) in [5, 5.41) is 4.66. The largest absolute Gasteiger partial charge is 0.478 e. The molecule has 1 saturated heterocycles. The predicted molar refractivity (Wildman–Crippen MR) is 127 cm³/mol. The quantitative estimate of drug-likeness (QED) is 0.528. The molecule has 4 rings (SSSR count). The lowest BCUT2D eigenvalue weighted by atomic mass is 10.1. The van der Waals surface area contributed by atoms with Crippen molar-refractivity contribution in [3.63, 3.8) is 0 Å². The minimum atomic E-state index is -0.977. The van der Waals surface area contributed by atoms with Gasteiger partial charge in [0.15, 0.2) is 5.60 Å². The summed E-state index contributed by atoms with van der Waals surface area (Å²) in [5.74, 6) is 2.75. The summed E-state index contributed by atoms with van der Waals surface area (Å²) >= 11 is 5.93. The monoisotopic (exact) mass is 469 g/mol. The third-order valence-corrected chi connectivity index (χ3v) is 5.79. The molecule has 3 aromatic rings. The van der Waals surface area contributed by atoms with Crippen LogP contribution in [-0.4, -0.2) is 57.7 Å². The molecule has 0 unspecified atom stereocenters. The summed E-state index contributed by atoms with van der Waals surface area (Å²) in [4.78, 5) is 26.1. The van der Waals surface area contributed by atoms with Crippen LogP contribution in [0, 0.1) is 0 Å². The van der Waals surface area contributed by atoms with Gasteiger partial charge in [0.2, 0.25) is 11.7 Å². The van der Waals surface area contributed by atoms with Gasteiger partial charge < -0.3 is 19.1 Å². The Kier molecular flexibility index (Phi) is 6.56. The molecule has 1 fully saturated rings. The maximum Gasteiger partial charge on any atom is 0.266 e. The van der Waals surface area contributed by atoms with E-state index >= 15 is 0 Å². The van der Waals surface area contributed by atoms with E-state index in [9.17, 15) is 4.79 Å². The van der Waals surface area contributed by atoms with Crippen LogP contribution in [0.15, 0.2) is 47.1 Å². The average Bonchev–Trinajstić information content (AvgIpc) is 3.31. The number of rotatable bonds is 6. The number of hydrogen-bond acceptors (Lipinski definition) is 7. The van der Waals surface area contributed by atoms with Crippen molar-refractivity contribution in [3.05, 3.63) is 53.5 Å². The average molecular weight is 470 g/mol. The fourth-order valence-corrected chi connectivity index (χ4v) is 3.78. The van der Waals surface area contributed by atoms with Crippen LogP contribution < -0.4 is 9.64 Å². The first-order chi connectivity index (χ1) is 15.7. The van der Waals surface area contributed by atoms with Crippen molar-refractivity contribution in [1.82, 2.24) is 20.0 Å². The number of benzene rings is 1. The number of carbonyl (C=O) groups excluding carboxylic acids is 1. The van der Waals surface area contributed by atoms with E-state index in [1.165, 1.54) is 0 Å². The van der Waals surface area contributed by atoms with Crippen LogP contribution >= 0.6 is 11.6 Å². The van der Waals surface area contributed by atoms with Crippen LogP contribution in [0.2, 0.25) is 5.02 Å². The molecule has 1 aliphatic rings. The lowest BCUT2D eigenvalue weighted by Crippen LogP contribution is -2.56. The minimum absolute atomic E-state index is 0.0431. The van der Waals surface area contributed by atoms with E-state index in [1.54, 1.807) is 44.3 Å². The normalized spacial score (nSPS) is 14.6. The Morgan fingerprint density at radius 1 is 1.09 bits per heavy atom. The van der Waals surface area contributed by atoms with Crippen LogP contribution in [0.25, 0.3) is 11.4 Å². The zero-order valence-electron chi connectivity index (χ0n) is 19.3.